The molecular weight excluding hydrogens is 236 g/mol. The van der Waals surface area contributed by atoms with Crippen molar-refractivity contribution < 1.29 is 14.2 Å². The van der Waals surface area contributed by atoms with Crippen LogP contribution < -0.4 is 0 Å². The average molecular weight is 253 g/mol. The summed E-state index contributed by atoms with van der Waals surface area (Å²) in [5.41, 5.74) is 0. The fourth-order valence-corrected chi connectivity index (χ4v) is 1.99. The molecule has 1 rings (SSSR count). The predicted octanol–water partition coefficient (Wildman–Crippen LogP) is 1.59. The molecule has 0 unspecified atom stereocenters. The van der Waals surface area contributed by atoms with E-state index in [9.17, 15) is 0 Å². The Morgan fingerprint density at radius 2 is 1.85 bits per heavy atom. The molecule has 1 aliphatic rings. The van der Waals surface area contributed by atoms with Crippen LogP contribution in [0.4, 0.5) is 0 Å². The third kappa shape index (κ3) is 4.96. The second-order valence-electron chi connectivity index (χ2n) is 3.17. The van der Waals surface area contributed by atoms with E-state index in [1.54, 1.807) is 7.11 Å². The van der Waals surface area contributed by atoms with Gasteiger partial charge in [-0.1, -0.05) is 15.9 Å². The van der Waals surface area contributed by atoms with Gasteiger partial charge in [0.25, 0.3) is 0 Å². The van der Waals surface area contributed by atoms with E-state index in [1.807, 2.05) is 0 Å². The quantitative estimate of drug-likeness (QED) is 0.509. The summed E-state index contributed by atoms with van der Waals surface area (Å²) in [5, 5.41) is 0. The molecule has 0 bridgehead atoms. The van der Waals surface area contributed by atoms with E-state index >= 15 is 0 Å². The maximum absolute atomic E-state index is 5.53. The Labute approximate surface area is 87.9 Å². The van der Waals surface area contributed by atoms with Crippen LogP contribution in [0.2, 0.25) is 0 Å². The molecule has 4 heteroatoms. The molecule has 0 saturated heterocycles. The molecule has 0 N–H and O–H groups in total. The highest BCUT2D eigenvalue weighted by atomic mass is 79.9. The van der Waals surface area contributed by atoms with Crippen molar-refractivity contribution in [2.24, 2.45) is 0 Å². The van der Waals surface area contributed by atoms with Crippen molar-refractivity contribution in [2.45, 2.75) is 23.8 Å². The lowest BCUT2D eigenvalue weighted by atomic mass is 9.96. The zero-order chi connectivity index (χ0) is 9.52. The first-order chi connectivity index (χ1) is 6.33. The SMILES string of the molecule is COCCOCCOC1CC(Br)C1. The fraction of sp³-hybridized carbons (Fsp3) is 1.00. The van der Waals surface area contributed by atoms with Gasteiger partial charge in [-0.2, -0.15) is 0 Å². The smallest absolute Gasteiger partial charge is 0.0704 e. The molecule has 13 heavy (non-hydrogen) atoms. The monoisotopic (exact) mass is 252 g/mol. The van der Waals surface area contributed by atoms with Crippen LogP contribution >= 0.6 is 15.9 Å². The van der Waals surface area contributed by atoms with Crippen molar-refractivity contribution in [1.82, 2.24) is 0 Å². The summed E-state index contributed by atoms with van der Waals surface area (Å²) in [4.78, 5) is 0.673. The van der Waals surface area contributed by atoms with E-state index in [-0.39, 0.29) is 0 Å². The highest BCUT2D eigenvalue weighted by molar-refractivity contribution is 9.09. The summed E-state index contributed by atoms with van der Waals surface area (Å²) >= 11 is 3.52. The lowest BCUT2D eigenvalue weighted by Crippen LogP contribution is -2.32. The summed E-state index contributed by atoms with van der Waals surface area (Å²) in [6.45, 7) is 2.69. The molecule has 0 heterocycles. The lowest BCUT2D eigenvalue weighted by molar-refractivity contribution is -0.0313. The standard InChI is InChI=1S/C9H17BrO3/c1-11-2-3-12-4-5-13-9-6-8(10)7-9/h8-9H,2-7H2,1H3. The molecule has 0 amide bonds. The maximum atomic E-state index is 5.53. The zero-order valence-electron chi connectivity index (χ0n) is 8.00. The van der Waals surface area contributed by atoms with Crippen LogP contribution in [0, 0.1) is 0 Å². The van der Waals surface area contributed by atoms with E-state index in [2.05, 4.69) is 15.9 Å². The van der Waals surface area contributed by atoms with Gasteiger partial charge in [0, 0.05) is 11.9 Å². The average Bonchev–Trinajstić information content (AvgIpc) is 2.07. The van der Waals surface area contributed by atoms with Crippen LogP contribution in [0.5, 0.6) is 0 Å². The maximum Gasteiger partial charge on any atom is 0.0704 e. The normalized spacial score (nSPS) is 27.2. The van der Waals surface area contributed by atoms with E-state index < -0.39 is 0 Å². The molecule has 0 aromatic carbocycles. The molecule has 0 aromatic rings. The number of methoxy groups -OCH3 is 1. The molecule has 0 aliphatic heterocycles. The summed E-state index contributed by atoms with van der Waals surface area (Å²) in [5.74, 6) is 0. The van der Waals surface area contributed by atoms with Crippen LogP contribution in [0.15, 0.2) is 0 Å². The van der Waals surface area contributed by atoms with Gasteiger partial charge in [0.05, 0.1) is 32.5 Å². The number of ether oxygens (including phenoxy) is 3. The number of hydrogen-bond donors (Lipinski definition) is 0. The van der Waals surface area contributed by atoms with Crippen LogP contribution in [0.1, 0.15) is 12.8 Å². The Morgan fingerprint density at radius 1 is 1.15 bits per heavy atom. The highest BCUT2D eigenvalue weighted by Gasteiger charge is 2.26. The Kier molecular flexibility index (Phi) is 5.95. The molecule has 78 valence electrons. The summed E-state index contributed by atoms with van der Waals surface area (Å²) in [7, 11) is 1.67. The van der Waals surface area contributed by atoms with Crippen molar-refractivity contribution >= 4 is 15.9 Å². The topological polar surface area (TPSA) is 27.7 Å². The second-order valence-corrected chi connectivity index (χ2v) is 4.46. The molecule has 0 spiro atoms. The molecule has 1 fully saturated rings. The van der Waals surface area contributed by atoms with E-state index in [0.717, 1.165) is 12.8 Å². The van der Waals surface area contributed by atoms with Crippen LogP contribution in [-0.4, -0.2) is 44.5 Å². The van der Waals surface area contributed by atoms with Gasteiger partial charge in [0.2, 0.25) is 0 Å². The lowest BCUT2D eigenvalue weighted by Gasteiger charge is -2.30. The van der Waals surface area contributed by atoms with Crippen molar-refractivity contribution in [3.05, 3.63) is 0 Å². The van der Waals surface area contributed by atoms with E-state index in [1.165, 1.54) is 0 Å². The Hall–Kier alpha value is 0.360. The Morgan fingerprint density at radius 3 is 2.46 bits per heavy atom. The number of alkyl halides is 1. The summed E-state index contributed by atoms with van der Waals surface area (Å²) in [6, 6.07) is 0. The minimum atomic E-state index is 0.454. The minimum Gasteiger partial charge on any atom is -0.382 e. The molecule has 1 saturated carbocycles. The summed E-state index contributed by atoms with van der Waals surface area (Å²) in [6.07, 6.45) is 2.73. The molecule has 0 radical (unpaired) electrons. The Bertz CT molecular complexity index is 126. The summed E-state index contributed by atoms with van der Waals surface area (Å²) < 4.78 is 15.6. The Balaban J connectivity index is 1.74. The van der Waals surface area contributed by atoms with Gasteiger partial charge in [0.15, 0.2) is 0 Å². The van der Waals surface area contributed by atoms with Crippen LogP contribution in [-0.2, 0) is 14.2 Å². The third-order valence-corrected chi connectivity index (χ3v) is 2.80. The fourth-order valence-electron chi connectivity index (χ4n) is 1.16. The van der Waals surface area contributed by atoms with Crippen LogP contribution in [0.3, 0.4) is 0 Å². The van der Waals surface area contributed by atoms with Gasteiger partial charge in [-0.15, -0.1) is 0 Å². The molecule has 3 nitrogen and oxygen atoms in total. The molecule has 0 atom stereocenters. The largest absolute Gasteiger partial charge is 0.382 e. The van der Waals surface area contributed by atoms with Gasteiger partial charge >= 0.3 is 0 Å². The van der Waals surface area contributed by atoms with Gasteiger partial charge in [-0.3, -0.25) is 0 Å². The van der Waals surface area contributed by atoms with E-state index in [4.69, 9.17) is 14.2 Å². The molecule has 1 aliphatic carbocycles. The number of rotatable bonds is 7. The van der Waals surface area contributed by atoms with Crippen molar-refractivity contribution in [3.8, 4) is 0 Å². The number of hydrogen-bond acceptors (Lipinski definition) is 3. The van der Waals surface area contributed by atoms with E-state index in [0.29, 0.717) is 37.4 Å². The second kappa shape index (κ2) is 6.76. The van der Waals surface area contributed by atoms with Gasteiger partial charge < -0.3 is 14.2 Å². The first-order valence-electron chi connectivity index (χ1n) is 4.65. The van der Waals surface area contributed by atoms with Crippen LogP contribution in [0.25, 0.3) is 0 Å². The molecular formula is C9H17BrO3. The van der Waals surface area contributed by atoms with Gasteiger partial charge in [-0.25, -0.2) is 0 Å². The third-order valence-electron chi connectivity index (χ3n) is 2.05. The van der Waals surface area contributed by atoms with Gasteiger partial charge in [0.1, 0.15) is 0 Å². The van der Waals surface area contributed by atoms with Crippen molar-refractivity contribution in [3.63, 3.8) is 0 Å². The zero-order valence-corrected chi connectivity index (χ0v) is 9.59. The highest BCUT2D eigenvalue weighted by Crippen LogP contribution is 2.29. The predicted molar refractivity (Wildman–Crippen MR) is 54.4 cm³/mol. The first kappa shape index (κ1) is 11.4. The van der Waals surface area contributed by atoms with Crippen molar-refractivity contribution in [2.75, 3.05) is 33.5 Å². The molecule has 0 aromatic heterocycles. The minimum absolute atomic E-state index is 0.454. The first-order valence-corrected chi connectivity index (χ1v) is 5.57. The van der Waals surface area contributed by atoms with Gasteiger partial charge in [-0.05, 0) is 12.8 Å². The number of halogens is 1. The van der Waals surface area contributed by atoms with Crippen molar-refractivity contribution in [1.29, 1.82) is 0 Å².